The standard InChI is InChI=1S/C29H37N7O3/c1-29(2,3)39-28(38)35-11-10-21(17-35)36-26-22-12-18(6-9-24(22)31-15-25(26)34(5)27(36)37)19-7-8-23(30-13-19)20-14-32-33(4)16-20/h6,9,12,14-16,19,21,23,30H,7-8,10-11,13,17H2,1-5H3/t19?,21-,23?/m0/s1. The van der Waals surface area contributed by atoms with Gasteiger partial charge in [0.1, 0.15) is 5.60 Å². The van der Waals surface area contributed by atoms with Gasteiger partial charge in [-0.3, -0.25) is 18.8 Å². The van der Waals surface area contributed by atoms with Gasteiger partial charge < -0.3 is 15.0 Å². The topological polar surface area (TPSA) is 99.2 Å². The van der Waals surface area contributed by atoms with E-state index in [1.807, 2.05) is 43.3 Å². The number of hydrogen-bond donors (Lipinski definition) is 1. The van der Waals surface area contributed by atoms with Crippen LogP contribution in [0.4, 0.5) is 4.79 Å². The largest absolute Gasteiger partial charge is 0.444 e. The van der Waals surface area contributed by atoms with Crippen LogP contribution in [0.25, 0.3) is 21.9 Å². The number of benzene rings is 1. The third-order valence-electron chi connectivity index (χ3n) is 8.13. The SMILES string of the molecule is Cn1cc(C2CCC(c3ccc4ncc5c(c4c3)n([C@H]3CCN(C(=O)OC(C)(C)C)C3)c(=O)n5C)CN2)cn1. The first-order valence-electron chi connectivity index (χ1n) is 13.8. The van der Waals surface area contributed by atoms with Crippen molar-refractivity contribution >= 4 is 28.0 Å². The third kappa shape index (κ3) is 4.71. The summed E-state index contributed by atoms with van der Waals surface area (Å²) in [5.74, 6) is 0.371. The number of carbonyl (C=O) groups is 1. The summed E-state index contributed by atoms with van der Waals surface area (Å²) in [7, 11) is 3.74. The highest BCUT2D eigenvalue weighted by molar-refractivity contribution is 6.02. The van der Waals surface area contributed by atoms with Crippen LogP contribution in [0.15, 0.2) is 41.6 Å². The van der Waals surface area contributed by atoms with Gasteiger partial charge in [0.15, 0.2) is 0 Å². The number of ether oxygens (including phenoxy) is 1. The monoisotopic (exact) mass is 531 g/mol. The number of likely N-dealkylation sites (tertiary alicyclic amines) is 1. The molecule has 0 bridgehead atoms. The molecule has 4 aromatic rings. The average molecular weight is 532 g/mol. The van der Waals surface area contributed by atoms with Gasteiger partial charge in [-0.1, -0.05) is 6.07 Å². The fraction of sp³-hybridized carbons (Fsp3) is 0.517. The van der Waals surface area contributed by atoms with Gasteiger partial charge in [-0.2, -0.15) is 5.10 Å². The summed E-state index contributed by atoms with van der Waals surface area (Å²) in [6.45, 7) is 7.48. The van der Waals surface area contributed by atoms with E-state index in [9.17, 15) is 9.59 Å². The molecule has 6 rings (SSSR count). The first-order valence-corrected chi connectivity index (χ1v) is 13.8. The summed E-state index contributed by atoms with van der Waals surface area (Å²) < 4.78 is 11.0. The molecule has 10 nitrogen and oxygen atoms in total. The van der Waals surface area contributed by atoms with E-state index in [1.54, 1.807) is 22.7 Å². The number of nitrogens with one attached hydrogen (secondary N) is 1. The number of pyridine rings is 1. The molecular formula is C29H37N7O3. The second-order valence-electron chi connectivity index (χ2n) is 12.0. The molecule has 1 N–H and O–H groups in total. The molecule has 1 aromatic carbocycles. The molecule has 1 amide bonds. The van der Waals surface area contributed by atoms with Gasteiger partial charge in [0.25, 0.3) is 0 Å². The smallest absolute Gasteiger partial charge is 0.410 e. The summed E-state index contributed by atoms with van der Waals surface area (Å²) in [5, 5.41) is 9.01. The van der Waals surface area contributed by atoms with Gasteiger partial charge in [0.2, 0.25) is 0 Å². The Morgan fingerprint density at radius 2 is 1.92 bits per heavy atom. The molecule has 3 atom stereocenters. The summed E-state index contributed by atoms with van der Waals surface area (Å²) in [5.41, 5.74) is 4.39. The summed E-state index contributed by atoms with van der Waals surface area (Å²) in [6.07, 6.45) is 8.28. The van der Waals surface area contributed by atoms with Gasteiger partial charge in [-0.15, -0.1) is 0 Å². The Kier molecular flexibility index (Phi) is 6.25. The third-order valence-corrected chi connectivity index (χ3v) is 8.13. The van der Waals surface area contributed by atoms with E-state index < -0.39 is 5.60 Å². The Bertz CT molecular complexity index is 1600. The van der Waals surface area contributed by atoms with E-state index in [0.29, 0.717) is 31.5 Å². The average Bonchev–Trinajstić information content (AvgIpc) is 3.62. The molecule has 0 spiro atoms. The Hall–Kier alpha value is -3.66. The number of aryl methyl sites for hydroxylation is 2. The van der Waals surface area contributed by atoms with Crippen molar-refractivity contribution in [3.05, 3.63) is 58.4 Å². The van der Waals surface area contributed by atoms with Crippen LogP contribution in [0.1, 0.15) is 69.2 Å². The number of amides is 1. The number of piperidine rings is 1. The zero-order valence-electron chi connectivity index (χ0n) is 23.3. The normalized spacial score (nSPS) is 22.2. The van der Waals surface area contributed by atoms with Gasteiger partial charge in [-0.05, 0) is 63.6 Å². The van der Waals surface area contributed by atoms with Crippen LogP contribution in [0, 0.1) is 0 Å². The highest BCUT2D eigenvalue weighted by Crippen LogP contribution is 2.35. The maximum absolute atomic E-state index is 13.5. The van der Waals surface area contributed by atoms with Crippen LogP contribution < -0.4 is 11.0 Å². The minimum Gasteiger partial charge on any atom is -0.444 e. The van der Waals surface area contributed by atoms with E-state index in [-0.39, 0.29) is 17.8 Å². The zero-order valence-corrected chi connectivity index (χ0v) is 23.3. The number of rotatable bonds is 3. The van der Waals surface area contributed by atoms with E-state index in [1.165, 1.54) is 11.1 Å². The van der Waals surface area contributed by atoms with Crippen molar-refractivity contribution in [2.45, 2.75) is 63.6 Å². The number of carbonyl (C=O) groups excluding carboxylic acids is 1. The van der Waals surface area contributed by atoms with Crippen molar-refractivity contribution in [1.82, 2.24) is 34.1 Å². The summed E-state index contributed by atoms with van der Waals surface area (Å²) in [6, 6.07) is 6.65. The lowest BCUT2D eigenvalue weighted by atomic mass is 9.86. The number of imidazole rings is 1. The van der Waals surface area contributed by atoms with Crippen LogP contribution >= 0.6 is 0 Å². The number of nitrogens with zero attached hydrogens (tertiary/aromatic N) is 6. The quantitative estimate of drug-likeness (QED) is 0.429. The second-order valence-corrected chi connectivity index (χ2v) is 12.0. The lowest BCUT2D eigenvalue weighted by Crippen LogP contribution is -2.36. The number of aromatic nitrogens is 5. The molecule has 2 fully saturated rings. The predicted molar refractivity (Wildman–Crippen MR) is 150 cm³/mol. The maximum atomic E-state index is 13.5. The van der Waals surface area contributed by atoms with Crippen molar-refractivity contribution in [3.8, 4) is 0 Å². The molecule has 2 aliphatic rings. The first kappa shape index (κ1) is 25.6. The van der Waals surface area contributed by atoms with Crippen molar-refractivity contribution in [2.24, 2.45) is 14.1 Å². The minimum absolute atomic E-state index is 0.0839. The second kappa shape index (κ2) is 9.51. The maximum Gasteiger partial charge on any atom is 0.410 e. The highest BCUT2D eigenvalue weighted by atomic mass is 16.6. The van der Waals surface area contributed by atoms with E-state index in [4.69, 9.17) is 9.72 Å². The fourth-order valence-electron chi connectivity index (χ4n) is 6.13. The molecule has 2 saturated heterocycles. The Labute approximate surface area is 227 Å². The van der Waals surface area contributed by atoms with Crippen LogP contribution in [-0.2, 0) is 18.8 Å². The molecule has 10 heteroatoms. The molecule has 5 heterocycles. The number of fused-ring (bicyclic) bond motifs is 3. The molecule has 206 valence electrons. The van der Waals surface area contributed by atoms with Gasteiger partial charge >= 0.3 is 11.8 Å². The van der Waals surface area contributed by atoms with Crippen LogP contribution in [0.3, 0.4) is 0 Å². The van der Waals surface area contributed by atoms with Crippen molar-refractivity contribution < 1.29 is 9.53 Å². The minimum atomic E-state index is -0.560. The molecular weight excluding hydrogens is 494 g/mol. The van der Waals surface area contributed by atoms with Gasteiger partial charge in [0.05, 0.1) is 35.0 Å². The molecule has 39 heavy (non-hydrogen) atoms. The van der Waals surface area contributed by atoms with Gasteiger partial charge in [-0.25, -0.2) is 9.59 Å². The lowest BCUT2D eigenvalue weighted by molar-refractivity contribution is 0.0289. The molecule has 2 unspecified atom stereocenters. The van der Waals surface area contributed by atoms with E-state index >= 15 is 0 Å². The fourth-order valence-corrected chi connectivity index (χ4v) is 6.13. The van der Waals surface area contributed by atoms with Crippen molar-refractivity contribution in [3.63, 3.8) is 0 Å². The predicted octanol–water partition coefficient (Wildman–Crippen LogP) is 4.01. The van der Waals surface area contributed by atoms with Crippen LogP contribution in [-0.4, -0.2) is 60.1 Å². The Morgan fingerprint density at radius 3 is 2.62 bits per heavy atom. The molecule has 0 radical (unpaired) electrons. The molecule has 0 saturated carbocycles. The molecule has 0 aliphatic carbocycles. The van der Waals surface area contributed by atoms with Crippen molar-refractivity contribution in [2.75, 3.05) is 19.6 Å². The van der Waals surface area contributed by atoms with Crippen LogP contribution in [0.5, 0.6) is 0 Å². The van der Waals surface area contributed by atoms with Crippen molar-refractivity contribution in [1.29, 1.82) is 0 Å². The Morgan fingerprint density at radius 1 is 1.10 bits per heavy atom. The number of hydrogen-bond acceptors (Lipinski definition) is 6. The zero-order chi connectivity index (χ0) is 27.5. The summed E-state index contributed by atoms with van der Waals surface area (Å²) >= 11 is 0. The summed E-state index contributed by atoms with van der Waals surface area (Å²) in [4.78, 5) is 32.7. The molecule has 2 aliphatic heterocycles. The Balaban J connectivity index is 1.32. The van der Waals surface area contributed by atoms with Crippen LogP contribution in [0.2, 0.25) is 0 Å². The molecule has 3 aromatic heterocycles. The first-order chi connectivity index (χ1) is 18.6. The highest BCUT2D eigenvalue weighted by Gasteiger charge is 2.33. The van der Waals surface area contributed by atoms with E-state index in [2.05, 4.69) is 34.8 Å². The lowest BCUT2D eigenvalue weighted by Gasteiger charge is -2.30. The van der Waals surface area contributed by atoms with E-state index in [0.717, 1.165) is 41.3 Å². The van der Waals surface area contributed by atoms with Gasteiger partial charge in [0, 0.05) is 56.9 Å².